The highest BCUT2D eigenvalue weighted by Crippen LogP contribution is 2.38. The standard InChI is InChI=1S/C9H8ClFO3S/c1-5-4-14-6-2-3-7(15(10,12)13)9(11)8(5)6/h2-3,5H,4H2,1H3. The summed E-state index contributed by atoms with van der Waals surface area (Å²) in [5.41, 5.74) is 0.289. The third-order valence-electron chi connectivity index (χ3n) is 2.35. The van der Waals surface area contributed by atoms with Gasteiger partial charge in [0.2, 0.25) is 0 Å². The van der Waals surface area contributed by atoms with E-state index in [9.17, 15) is 12.8 Å². The molecule has 0 amide bonds. The number of benzene rings is 1. The molecule has 0 aliphatic carbocycles. The first-order chi connectivity index (χ1) is 6.91. The van der Waals surface area contributed by atoms with Crippen LogP contribution >= 0.6 is 10.7 Å². The molecule has 1 aromatic carbocycles. The molecule has 0 saturated carbocycles. The first-order valence-electron chi connectivity index (χ1n) is 4.31. The van der Waals surface area contributed by atoms with Crippen LogP contribution in [-0.4, -0.2) is 15.0 Å². The number of rotatable bonds is 1. The van der Waals surface area contributed by atoms with E-state index in [2.05, 4.69) is 0 Å². The highest BCUT2D eigenvalue weighted by Gasteiger charge is 2.29. The molecule has 0 radical (unpaired) electrons. The van der Waals surface area contributed by atoms with E-state index < -0.39 is 19.8 Å². The Bertz CT molecular complexity index is 512. The molecule has 6 heteroatoms. The molecule has 1 atom stereocenters. The molecule has 0 saturated heterocycles. The third kappa shape index (κ3) is 1.70. The van der Waals surface area contributed by atoms with Crippen LogP contribution in [0.3, 0.4) is 0 Å². The maximum Gasteiger partial charge on any atom is 0.264 e. The van der Waals surface area contributed by atoms with Gasteiger partial charge in [0.05, 0.1) is 6.61 Å². The Labute approximate surface area is 91.2 Å². The molecule has 0 spiro atoms. The van der Waals surface area contributed by atoms with E-state index in [1.165, 1.54) is 6.07 Å². The normalized spacial score (nSPS) is 19.8. The van der Waals surface area contributed by atoms with Crippen LogP contribution in [0.15, 0.2) is 17.0 Å². The molecule has 0 fully saturated rings. The van der Waals surface area contributed by atoms with Gasteiger partial charge in [-0.25, -0.2) is 12.8 Å². The van der Waals surface area contributed by atoms with E-state index in [1.807, 2.05) is 0 Å². The molecule has 1 unspecified atom stereocenters. The lowest BCUT2D eigenvalue weighted by atomic mass is 10.0. The molecule has 1 heterocycles. The van der Waals surface area contributed by atoms with Gasteiger partial charge in [0, 0.05) is 22.2 Å². The van der Waals surface area contributed by atoms with Crippen LogP contribution in [0.2, 0.25) is 0 Å². The van der Waals surface area contributed by atoms with Crippen molar-refractivity contribution >= 4 is 19.7 Å². The van der Waals surface area contributed by atoms with Gasteiger partial charge in [0.1, 0.15) is 16.5 Å². The fourth-order valence-electron chi connectivity index (χ4n) is 1.63. The van der Waals surface area contributed by atoms with E-state index in [0.717, 1.165) is 6.07 Å². The van der Waals surface area contributed by atoms with E-state index in [0.29, 0.717) is 12.4 Å². The van der Waals surface area contributed by atoms with E-state index in [1.54, 1.807) is 6.92 Å². The number of hydrogen-bond acceptors (Lipinski definition) is 3. The first-order valence-corrected chi connectivity index (χ1v) is 6.62. The predicted octanol–water partition coefficient (Wildman–Crippen LogP) is 2.25. The topological polar surface area (TPSA) is 43.4 Å². The summed E-state index contributed by atoms with van der Waals surface area (Å²) in [6.45, 7) is 2.12. The van der Waals surface area contributed by atoms with Crippen molar-refractivity contribution in [3.63, 3.8) is 0 Å². The van der Waals surface area contributed by atoms with E-state index in [-0.39, 0.29) is 11.5 Å². The van der Waals surface area contributed by atoms with Gasteiger partial charge < -0.3 is 4.74 Å². The summed E-state index contributed by atoms with van der Waals surface area (Å²) in [6, 6.07) is 2.55. The maximum absolute atomic E-state index is 13.8. The lowest BCUT2D eigenvalue weighted by Crippen LogP contribution is -2.00. The Kier molecular flexibility index (Phi) is 2.39. The van der Waals surface area contributed by atoms with Crippen molar-refractivity contribution in [3.05, 3.63) is 23.5 Å². The van der Waals surface area contributed by atoms with Crippen molar-refractivity contribution in [1.29, 1.82) is 0 Å². The summed E-state index contributed by atoms with van der Waals surface area (Å²) < 4.78 is 41.0. The van der Waals surface area contributed by atoms with Crippen LogP contribution in [0.5, 0.6) is 5.75 Å². The molecule has 15 heavy (non-hydrogen) atoms. The Morgan fingerprint density at radius 1 is 1.53 bits per heavy atom. The van der Waals surface area contributed by atoms with Crippen LogP contribution in [-0.2, 0) is 9.05 Å². The number of halogens is 2. The summed E-state index contributed by atoms with van der Waals surface area (Å²) in [6.07, 6.45) is 0. The Balaban J connectivity index is 2.70. The Morgan fingerprint density at radius 2 is 2.20 bits per heavy atom. The average Bonchev–Trinajstić information content (AvgIpc) is 2.46. The summed E-state index contributed by atoms with van der Waals surface area (Å²) in [7, 11) is 1.07. The fourth-order valence-corrected chi connectivity index (χ4v) is 2.54. The zero-order valence-electron chi connectivity index (χ0n) is 7.83. The zero-order valence-corrected chi connectivity index (χ0v) is 9.40. The fraction of sp³-hybridized carbons (Fsp3) is 0.333. The lowest BCUT2D eigenvalue weighted by Gasteiger charge is -2.05. The highest BCUT2D eigenvalue weighted by atomic mass is 35.7. The largest absolute Gasteiger partial charge is 0.493 e. The predicted molar refractivity (Wildman–Crippen MR) is 53.3 cm³/mol. The molecule has 2 rings (SSSR count). The molecule has 1 aromatic rings. The van der Waals surface area contributed by atoms with Gasteiger partial charge >= 0.3 is 0 Å². The Hall–Kier alpha value is -0.810. The summed E-state index contributed by atoms with van der Waals surface area (Å²) >= 11 is 0. The van der Waals surface area contributed by atoms with Crippen LogP contribution in [0.25, 0.3) is 0 Å². The minimum absolute atomic E-state index is 0.154. The van der Waals surface area contributed by atoms with Crippen molar-refractivity contribution in [2.24, 2.45) is 0 Å². The molecular weight excluding hydrogens is 243 g/mol. The number of ether oxygens (including phenoxy) is 1. The molecule has 1 aliphatic rings. The van der Waals surface area contributed by atoms with Crippen LogP contribution in [0, 0.1) is 5.82 Å². The molecule has 0 N–H and O–H groups in total. The van der Waals surface area contributed by atoms with Gasteiger partial charge in [-0.3, -0.25) is 0 Å². The molecule has 3 nitrogen and oxygen atoms in total. The van der Waals surface area contributed by atoms with Crippen molar-refractivity contribution < 1.29 is 17.5 Å². The minimum Gasteiger partial charge on any atom is -0.493 e. The van der Waals surface area contributed by atoms with Crippen molar-refractivity contribution in [2.45, 2.75) is 17.7 Å². The van der Waals surface area contributed by atoms with Gasteiger partial charge in [-0.1, -0.05) is 6.92 Å². The second-order valence-corrected chi connectivity index (χ2v) is 5.97. The first kappa shape index (κ1) is 10.7. The van der Waals surface area contributed by atoms with Crippen LogP contribution in [0.1, 0.15) is 18.4 Å². The SMILES string of the molecule is CC1COc2ccc(S(=O)(=O)Cl)c(F)c21. The van der Waals surface area contributed by atoms with Gasteiger partial charge in [0.25, 0.3) is 9.05 Å². The minimum atomic E-state index is -4.04. The average molecular weight is 251 g/mol. The molecule has 0 bridgehead atoms. The van der Waals surface area contributed by atoms with Gasteiger partial charge in [-0.05, 0) is 12.1 Å². The third-order valence-corrected chi connectivity index (χ3v) is 3.69. The molecule has 0 aromatic heterocycles. The van der Waals surface area contributed by atoms with Crippen LogP contribution < -0.4 is 4.74 Å². The van der Waals surface area contributed by atoms with Crippen molar-refractivity contribution in [1.82, 2.24) is 0 Å². The highest BCUT2D eigenvalue weighted by molar-refractivity contribution is 8.13. The number of fused-ring (bicyclic) bond motifs is 1. The molecule has 82 valence electrons. The smallest absolute Gasteiger partial charge is 0.264 e. The lowest BCUT2D eigenvalue weighted by molar-refractivity contribution is 0.337. The summed E-state index contributed by atoms with van der Waals surface area (Å²) in [5.74, 6) is -0.560. The quantitative estimate of drug-likeness (QED) is 0.718. The van der Waals surface area contributed by atoms with E-state index in [4.69, 9.17) is 15.4 Å². The Morgan fingerprint density at radius 3 is 2.80 bits per heavy atom. The second-order valence-electron chi connectivity index (χ2n) is 3.44. The van der Waals surface area contributed by atoms with E-state index >= 15 is 0 Å². The summed E-state index contributed by atoms with van der Waals surface area (Å²) in [4.78, 5) is -0.486. The summed E-state index contributed by atoms with van der Waals surface area (Å²) in [5, 5.41) is 0. The van der Waals surface area contributed by atoms with Gasteiger partial charge in [-0.2, -0.15) is 0 Å². The van der Waals surface area contributed by atoms with Crippen molar-refractivity contribution in [3.8, 4) is 5.75 Å². The van der Waals surface area contributed by atoms with Gasteiger partial charge in [0.15, 0.2) is 0 Å². The maximum atomic E-state index is 13.8. The zero-order chi connectivity index (χ0) is 11.2. The van der Waals surface area contributed by atoms with Crippen molar-refractivity contribution in [2.75, 3.05) is 6.61 Å². The molecular formula is C9H8ClFO3S. The van der Waals surface area contributed by atoms with Crippen LogP contribution in [0.4, 0.5) is 4.39 Å². The monoisotopic (exact) mass is 250 g/mol. The molecule has 1 aliphatic heterocycles. The second kappa shape index (κ2) is 3.35. The number of hydrogen-bond donors (Lipinski definition) is 0. The van der Waals surface area contributed by atoms with Gasteiger partial charge in [-0.15, -0.1) is 0 Å².